The van der Waals surface area contributed by atoms with E-state index in [1.807, 2.05) is 12.1 Å². The fourth-order valence-corrected chi connectivity index (χ4v) is 2.67. The van der Waals surface area contributed by atoms with E-state index in [0.29, 0.717) is 17.7 Å². The van der Waals surface area contributed by atoms with Gasteiger partial charge in [0.25, 0.3) is 0 Å². The number of anilines is 1. The van der Waals surface area contributed by atoms with Gasteiger partial charge in [-0.05, 0) is 30.2 Å². The van der Waals surface area contributed by atoms with Crippen molar-refractivity contribution in [3.8, 4) is 0 Å². The lowest BCUT2D eigenvalue weighted by atomic mass is 9.82. The number of fused-ring (bicyclic) bond motifs is 1. The first-order chi connectivity index (χ1) is 10.7. The molecule has 22 heavy (non-hydrogen) atoms. The first-order valence-electron chi connectivity index (χ1n) is 6.92. The van der Waals surface area contributed by atoms with E-state index in [2.05, 4.69) is 15.3 Å². The van der Waals surface area contributed by atoms with Gasteiger partial charge in [-0.15, -0.1) is 0 Å². The molecule has 1 aliphatic heterocycles. The highest BCUT2D eigenvalue weighted by Gasteiger charge is 2.40. The molecule has 0 aromatic carbocycles. The quantitative estimate of drug-likeness (QED) is 0.864. The number of nitrogens with one attached hydrogen (secondary N) is 1. The van der Waals surface area contributed by atoms with Crippen LogP contribution in [0.15, 0.2) is 43.0 Å². The summed E-state index contributed by atoms with van der Waals surface area (Å²) in [6, 6.07) is 4.65. The highest BCUT2D eigenvalue weighted by atomic mass is 16.5. The summed E-state index contributed by atoms with van der Waals surface area (Å²) in [5, 5.41) is 3.10. The summed E-state index contributed by atoms with van der Waals surface area (Å²) in [5.74, 6) is -1.09. The number of hydrogen-bond acceptors (Lipinski definition) is 6. The summed E-state index contributed by atoms with van der Waals surface area (Å²) in [5.41, 5.74) is 2.06. The molecule has 1 aliphatic rings. The van der Waals surface area contributed by atoms with Crippen LogP contribution in [0.2, 0.25) is 0 Å². The summed E-state index contributed by atoms with van der Waals surface area (Å²) in [6.07, 6.45) is 6.87. The van der Waals surface area contributed by atoms with Crippen LogP contribution in [0.4, 0.5) is 5.69 Å². The Kier molecular flexibility index (Phi) is 3.82. The van der Waals surface area contributed by atoms with Crippen molar-refractivity contribution in [1.29, 1.82) is 0 Å². The normalized spacial score (nSPS) is 20.0. The lowest BCUT2D eigenvalue weighted by molar-refractivity contribution is -0.142. The van der Waals surface area contributed by atoms with Crippen LogP contribution in [-0.4, -0.2) is 34.9 Å². The van der Waals surface area contributed by atoms with Crippen LogP contribution < -0.4 is 5.32 Å². The van der Waals surface area contributed by atoms with Crippen molar-refractivity contribution >= 4 is 17.4 Å². The number of carbonyl (C=O) groups excluding carboxylic acids is 2. The van der Waals surface area contributed by atoms with Crippen LogP contribution in [0, 0.1) is 5.92 Å². The highest BCUT2D eigenvalue weighted by molar-refractivity contribution is 6.08. The zero-order valence-corrected chi connectivity index (χ0v) is 12.0. The summed E-state index contributed by atoms with van der Waals surface area (Å²) < 4.78 is 4.84. The average Bonchev–Trinajstić information content (AvgIpc) is 2.57. The Labute approximate surface area is 127 Å². The van der Waals surface area contributed by atoms with Gasteiger partial charge in [-0.2, -0.15) is 0 Å². The number of hydrogen-bond donors (Lipinski definition) is 1. The summed E-state index contributed by atoms with van der Waals surface area (Å²) in [6.45, 7) is 0. The molecule has 0 spiro atoms. The third-order valence-electron chi connectivity index (χ3n) is 3.80. The topological polar surface area (TPSA) is 81.2 Å². The van der Waals surface area contributed by atoms with E-state index in [1.54, 1.807) is 24.7 Å². The van der Waals surface area contributed by atoms with Crippen molar-refractivity contribution in [3.05, 3.63) is 54.1 Å². The minimum absolute atomic E-state index is 0.103. The Bertz CT molecular complexity index is 703. The number of Topliss-reactive ketones (excluding diaryl/α,β-unsaturated/α-hetero) is 1. The van der Waals surface area contributed by atoms with Crippen LogP contribution in [0.5, 0.6) is 0 Å². The smallest absolute Gasteiger partial charge is 0.329 e. The van der Waals surface area contributed by atoms with E-state index in [-0.39, 0.29) is 5.78 Å². The summed E-state index contributed by atoms with van der Waals surface area (Å²) >= 11 is 0. The molecule has 1 N–H and O–H groups in total. The SMILES string of the molecule is COC(=O)C1Nc2ccncc2C(=O)C1Cc1ccncc1. The second kappa shape index (κ2) is 5.93. The van der Waals surface area contributed by atoms with E-state index < -0.39 is 17.9 Å². The van der Waals surface area contributed by atoms with Gasteiger partial charge in [-0.3, -0.25) is 14.8 Å². The van der Waals surface area contributed by atoms with Crippen LogP contribution in [0.3, 0.4) is 0 Å². The maximum atomic E-state index is 12.7. The second-order valence-electron chi connectivity index (χ2n) is 5.10. The first-order valence-corrected chi connectivity index (χ1v) is 6.92. The van der Waals surface area contributed by atoms with E-state index in [0.717, 1.165) is 5.56 Å². The van der Waals surface area contributed by atoms with E-state index in [1.165, 1.54) is 13.3 Å². The number of ketones is 1. The fraction of sp³-hybridized carbons (Fsp3) is 0.250. The van der Waals surface area contributed by atoms with E-state index >= 15 is 0 Å². The van der Waals surface area contributed by atoms with Gasteiger partial charge < -0.3 is 10.1 Å². The molecule has 6 heteroatoms. The van der Waals surface area contributed by atoms with Crippen molar-refractivity contribution in [3.63, 3.8) is 0 Å². The number of aromatic nitrogens is 2. The van der Waals surface area contributed by atoms with Gasteiger partial charge in [0.2, 0.25) is 0 Å². The lowest BCUT2D eigenvalue weighted by Crippen LogP contribution is -2.46. The number of ether oxygens (including phenoxy) is 1. The Morgan fingerprint density at radius 1 is 1.23 bits per heavy atom. The molecule has 3 rings (SSSR count). The minimum atomic E-state index is -0.708. The van der Waals surface area contributed by atoms with Gasteiger partial charge in [0.05, 0.1) is 18.6 Å². The molecule has 0 saturated heterocycles. The van der Waals surface area contributed by atoms with E-state index in [9.17, 15) is 9.59 Å². The summed E-state index contributed by atoms with van der Waals surface area (Å²) in [7, 11) is 1.32. The Balaban J connectivity index is 1.97. The maximum Gasteiger partial charge on any atom is 0.329 e. The third kappa shape index (κ3) is 2.55. The van der Waals surface area contributed by atoms with Crippen LogP contribution in [0.25, 0.3) is 0 Å². The maximum absolute atomic E-state index is 12.7. The fourth-order valence-electron chi connectivity index (χ4n) is 2.67. The first kappa shape index (κ1) is 14.2. The highest BCUT2D eigenvalue weighted by Crippen LogP contribution is 2.30. The molecule has 2 atom stereocenters. The molecule has 2 aromatic rings. The standard InChI is InChI=1S/C16H15N3O3/c1-22-16(21)14-11(8-10-2-5-17-6-3-10)15(20)12-9-18-7-4-13(12)19-14/h2-7,9,11,14,19H,8H2,1H3. The Morgan fingerprint density at radius 3 is 2.68 bits per heavy atom. The van der Waals surface area contributed by atoms with Crippen LogP contribution >= 0.6 is 0 Å². The predicted molar refractivity (Wildman–Crippen MR) is 79.4 cm³/mol. The zero-order chi connectivity index (χ0) is 15.5. The molecule has 112 valence electrons. The van der Waals surface area contributed by atoms with Crippen molar-refractivity contribution in [2.24, 2.45) is 5.92 Å². The molecule has 0 aliphatic carbocycles. The molecule has 3 heterocycles. The van der Waals surface area contributed by atoms with Gasteiger partial charge >= 0.3 is 5.97 Å². The predicted octanol–water partition coefficient (Wildman–Crippen LogP) is 1.49. The molecule has 0 amide bonds. The Hall–Kier alpha value is -2.76. The average molecular weight is 297 g/mol. The van der Waals surface area contributed by atoms with Gasteiger partial charge in [0.15, 0.2) is 5.78 Å². The van der Waals surface area contributed by atoms with Gasteiger partial charge in [-0.25, -0.2) is 4.79 Å². The molecule has 0 bridgehead atoms. The monoisotopic (exact) mass is 297 g/mol. The molecule has 0 radical (unpaired) electrons. The number of methoxy groups -OCH3 is 1. The number of esters is 1. The number of rotatable bonds is 3. The van der Waals surface area contributed by atoms with Crippen molar-refractivity contribution in [2.45, 2.75) is 12.5 Å². The molecule has 2 unspecified atom stereocenters. The van der Waals surface area contributed by atoms with Crippen molar-refractivity contribution in [2.75, 3.05) is 12.4 Å². The van der Waals surface area contributed by atoms with Crippen molar-refractivity contribution in [1.82, 2.24) is 9.97 Å². The zero-order valence-electron chi connectivity index (χ0n) is 12.0. The third-order valence-corrected chi connectivity index (χ3v) is 3.80. The van der Waals surface area contributed by atoms with Crippen LogP contribution in [-0.2, 0) is 16.0 Å². The van der Waals surface area contributed by atoms with Gasteiger partial charge in [0.1, 0.15) is 6.04 Å². The van der Waals surface area contributed by atoms with Gasteiger partial charge in [0, 0.05) is 30.5 Å². The molecule has 0 saturated carbocycles. The van der Waals surface area contributed by atoms with Gasteiger partial charge in [-0.1, -0.05) is 0 Å². The second-order valence-corrected chi connectivity index (χ2v) is 5.10. The molecule has 0 fully saturated rings. The molecule has 2 aromatic heterocycles. The summed E-state index contributed by atoms with van der Waals surface area (Å²) in [4.78, 5) is 32.8. The lowest BCUT2D eigenvalue weighted by Gasteiger charge is -2.31. The molecular weight excluding hydrogens is 282 g/mol. The number of carbonyl (C=O) groups is 2. The minimum Gasteiger partial charge on any atom is -0.467 e. The largest absolute Gasteiger partial charge is 0.467 e. The van der Waals surface area contributed by atoms with Crippen LogP contribution in [0.1, 0.15) is 15.9 Å². The Morgan fingerprint density at radius 2 is 1.95 bits per heavy atom. The van der Waals surface area contributed by atoms with Crippen molar-refractivity contribution < 1.29 is 14.3 Å². The molecule has 6 nitrogen and oxygen atoms in total. The van der Waals surface area contributed by atoms with E-state index in [4.69, 9.17) is 4.74 Å². The number of pyridine rings is 2. The number of nitrogens with zero attached hydrogens (tertiary/aromatic N) is 2. The molecular formula is C16H15N3O3.